The molecule has 0 atom stereocenters. The number of carbonyl (C=O) groups excluding carboxylic acids is 1. The molecule has 0 aromatic heterocycles. The van der Waals surface area contributed by atoms with Crippen LogP contribution in [0.1, 0.15) is 16.4 Å². The Morgan fingerprint density at radius 3 is 1.73 bits per heavy atom. The fourth-order valence-corrected chi connectivity index (χ4v) is 4.44. The minimum atomic E-state index is -4.34. The van der Waals surface area contributed by atoms with Gasteiger partial charge >= 0.3 is 6.11 Å². The van der Waals surface area contributed by atoms with Gasteiger partial charge in [0.05, 0.1) is 0 Å². The Kier molecular flexibility index (Phi) is 6.39. The van der Waals surface area contributed by atoms with Gasteiger partial charge in [-0.15, -0.1) is 0 Å². The molecule has 0 radical (unpaired) electrons. The third-order valence-electron chi connectivity index (χ3n) is 3.62. The lowest BCUT2D eigenvalue weighted by atomic mass is 10.0. The number of alkyl halides is 2. The molecule has 0 aliphatic heterocycles. The Bertz CT molecular complexity index is 836. The van der Waals surface area contributed by atoms with E-state index in [-0.39, 0.29) is 11.1 Å². The Balaban J connectivity index is 2.50. The molecule has 0 amide bonds. The van der Waals surface area contributed by atoms with Gasteiger partial charge in [0.2, 0.25) is 5.78 Å². The molecule has 26 heavy (non-hydrogen) atoms. The lowest BCUT2D eigenvalue weighted by Gasteiger charge is -2.20. The molecule has 0 spiro atoms. The number of hydrogen-bond acceptors (Lipinski definition) is 4. The Hall–Kier alpha value is -1.54. The molecule has 140 valence electrons. The van der Waals surface area contributed by atoms with E-state index >= 15 is 0 Å². The number of ketones is 1. The first kappa shape index (κ1) is 20.8. The first-order chi connectivity index (χ1) is 12.1. The van der Waals surface area contributed by atoms with Crippen molar-refractivity contribution in [2.45, 2.75) is 11.4 Å². The average molecular weight is 423 g/mol. The number of carbonyl (C=O) groups is 1. The number of halogens is 4. The highest BCUT2D eigenvalue weighted by molar-refractivity contribution is 7.92. The smallest absolute Gasteiger partial charge is 0.318 e. The van der Waals surface area contributed by atoms with E-state index in [1.165, 1.54) is 48.5 Å². The van der Waals surface area contributed by atoms with Crippen LogP contribution in [0.3, 0.4) is 0 Å². The summed E-state index contributed by atoms with van der Waals surface area (Å²) in [6.07, 6.45) is -4.18. The molecule has 0 heterocycles. The van der Waals surface area contributed by atoms with Crippen molar-refractivity contribution in [3.8, 4) is 0 Å². The van der Waals surface area contributed by atoms with Gasteiger partial charge in [-0.1, -0.05) is 47.5 Å². The van der Waals surface area contributed by atoms with Crippen LogP contribution in [0, 0.1) is 0 Å². The predicted molar refractivity (Wildman–Crippen MR) is 95.5 cm³/mol. The maximum atomic E-state index is 13.4. The molecule has 0 saturated heterocycles. The summed E-state index contributed by atoms with van der Waals surface area (Å²) < 4.78 is 56.1. The highest BCUT2D eigenvalue weighted by Gasteiger charge is 2.43. The molecule has 4 nitrogen and oxygen atoms in total. The number of methoxy groups -OCH3 is 1. The number of sulfone groups is 1. The average Bonchev–Trinajstić information content (AvgIpc) is 2.58. The molecule has 2 aromatic rings. The molecule has 9 heteroatoms. The van der Waals surface area contributed by atoms with Crippen LogP contribution in [-0.4, -0.2) is 33.2 Å². The topological polar surface area (TPSA) is 60.4 Å². The number of Topliss-reactive ketones (excluding diaryl/α,β-unsaturated/α-hetero) is 1. The zero-order valence-corrected chi connectivity index (χ0v) is 15.8. The van der Waals surface area contributed by atoms with E-state index < -0.39 is 32.7 Å². The fraction of sp³-hybridized carbons (Fsp3) is 0.235. The summed E-state index contributed by atoms with van der Waals surface area (Å²) in [5.41, 5.74) is 0.565. The third kappa shape index (κ3) is 4.79. The summed E-state index contributed by atoms with van der Waals surface area (Å²) in [6, 6.07) is 11.7. The van der Waals surface area contributed by atoms with Crippen molar-refractivity contribution in [2.24, 2.45) is 0 Å². The van der Waals surface area contributed by atoms with E-state index in [0.717, 1.165) is 0 Å². The van der Waals surface area contributed by atoms with Crippen molar-refractivity contribution in [1.29, 1.82) is 0 Å². The Morgan fingerprint density at radius 2 is 1.38 bits per heavy atom. The second kappa shape index (κ2) is 8.00. The van der Waals surface area contributed by atoms with Crippen molar-refractivity contribution in [2.75, 3.05) is 12.9 Å². The molecule has 0 N–H and O–H groups in total. The maximum Gasteiger partial charge on any atom is 0.416 e. The van der Waals surface area contributed by atoms with Crippen molar-refractivity contribution >= 4 is 38.8 Å². The van der Waals surface area contributed by atoms with Crippen LogP contribution in [0.5, 0.6) is 0 Å². The normalized spacial score (nSPS) is 12.4. The monoisotopic (exact) mass is 422 g/mol. The van der Waals surface area contributed by atoms with Gasteiger partial charge < -0.3 is 4.74 Å². The lowest BCUT2D eigenvalue weighted by Crippen LogP contribution is -2.37. The van der Waals surface area contributed by atoms with Crippen LogP contribution >= 0.6 is 23.2 Å². The highest BCUT2D eigenvalue weighted by atomic mass is 35.5. The van der Waals surface area contributed by atoms with Gasteiger partial charge in [-0.05, 0) is 35.4 Å². The van der Waals surface area contributed by atoms with Gasteiger partial charge in [0.15, 0.2) is 9.84 Å². The van der Waals surface area contributed by atoms with Crippen molar-refractivity contribution < 1.29 is 26.7 Å². The fourth-order valence-electron chi connectivity index (χ4n) is 2.35. The van der Waals surface area contributed by atoms with E-state index in [4.69, 9.17) is 23.2 Å². The summed E-state index contributed by atoms with van der Waals surface area (Å²) >= 11 is 11.6. The summed E-state index contributed by atoms with van der Waals surface area (Å²) in [5.74, 6) is -3.23. The molecular formula is C17H14Cl2F2O4S. The van der Waals surface area contributed by atoms with Crippen molar-refractivity contribution in [3.63, 3.8) is 0 Å². The summed E-state index contributed by atoms with van der Waals surface area (Å²) in [6.45, 7) is 0. The summed E-state index contributed by atoms with van der Waals surface area (Å²) in [4.78, 5) is 11.7. The Labute approximate surface area is 159 Å². The van der Waals surface area contributed by atoms with E-state index in [1.807, 2.05) is 0 Å². The lowest BCUT2D eigenvalue weighted by molar-refractivity contribution is -0.214. The number of benzene rings is 2. The van der Waals surface area contributed by atoms with Crippen molar-refractivity contribution in [1.82, 2.24) is 0 Å². The van der Waals surface area contributed by atoms with Crippen LogP contribution in [0.25, 0.3) is 0 Å². The summed E-state index contributed by atoms with van der Waals surface area (Å²) in [5, 5.41) is -0.584. The molecule has 2 aromatic carbocycles. The minimum absolute atomic E-state index is 0.283. The predicted octanol–water partition coefficient (Wildman–Crippen LogP) is 4.31. The first-order valence-electron chi connectivity index (χ1n) is 7.25. The number of hydrogen-bond donors (Lipinski definition) is 0. The first-order valence-corrected chi connectivity index (χ1v) is 9.73. The van der Waals surface area contributed by atoms with E-state index in [1.54, 1.807) is 0 Å². The quantitative estimate of drug-likeness (QED) is 0.666. The SMILES string of the molecule is COC(F)(F)C(=O)CS(=O)(=O)C(c1ccc(Cl)cc1)c1ccc(Cl)cc1. The highest BCUT2D eigenvalue weighted by Crippen LogP contribution is 2.33. The van der Waals surface area contributed by atoms with Crippen LogP contribution in [-0.2, 0) is 19.4 Å². The van der Waals surface area contributed by atoms with Gasteiger partial charge in [0.25, 0.3) is 0 Å². The largest absolute Gasteiger partial charge is 0.416 e. The molecular weight excluding hydrogens is 409 g/mol. The second-order valence-electron chi connectivity index (χ2n) is 5.43. The van der Waals surface area contributed by atoms with E-state index in [2.05, 4.69) is 4.74 Å². The molecule has 0 fully saturated rings. The molecule has 0 unspecified atom stereocenters. The number of ether oxygens (including phenoxy) is 1. The van der Waals surface area contributed by atoms with Gasteiger partial charge in [-0.3, -0.25) is 4.79 Å². The van der Waals surface area contributed by atoms with Crippen LogP contribution < -0.4 is 0 Å². The molecule has 0 bridgehead atoms. The zero-order valence-electron chi connectivity index (χ0n) is 13.5. The van der Waals surface area contributed by atoms with Gasteiger partial charge in [-0.25, -0.2) is 8.42 Å². The second-order valence-corrected chi connectivity index (χ2v) is 8.39. The number of rotatable bonds is 7. The third-order valence-corrected chi connectivity index (χ3v) is 6.05. The van der Waals surface area contributed by atoms with Gasteiger partial charge in [0, 0.05) is 17.2 Å². The molecule has 0 aliphatic carbocycles. The van der Waals surface area contributed by atoms with Gasteiger partial charge in [0.1, 0.15) is 11.0 Å². The maximum absolute atomic E-state index is 13.4. The molecule has 0 saturated carbocycles. The standard InChI is InChI=1S/C17H14Cl2F2O4S/c1-25-17(20,21)15(22)10-26(23,24)16(11-2-6-13(18)7-3-11)12-4-8-14(19)9-5-12/h2-9,16H,10H2,1H3. The van der Waals surface area contributed by atoms with E-state index in [0.29, 0.717) is 17.2 Å². The van der Waals surface area contributed by atoms with E-state index in [9.17, 15) is 22.0 Å². The van der Waals surface area contributed by atoms with Crippen LogP contribution in [0.15, 0.2) is 48.5 Å². The van der Waals surface area contributed by atoms with Gasteiger partial charge in [-0.2, -0.15) is 8.78 Å². The molecule has 2 rings (SSSR count). The Morgan fingerprint density at radius 1 is 1.00 bits per heavy atom. The zero-order chi connectivity index (χ0) is 19.5. The summed E-state index contributed by atoms with van der Waals surface area (Å²) in [7, 11) is -3.72. The minimum Gasteiger partial charge on any atom is -0.318 e. The molecule has 0 aliphatic rings. The van der Waals surface area contributed by atoms with Crippen LogP contribution in [0.4, 0.5) is 8.78 Å². The van der Waals surface area contributed by atoms with Crippen molar-refractivity contribution in [3.05, 3.63) is 69.7 Å². The van der Waals surface area contributed by atoms with Crippen LogP contribution in [0.2, 0.25) is 10.0 Å².